The van der Waals surface area contributed by atoms with Gasteiger partial charge in [0, 0.05) is 5.56 Å². The summed E-state index contributed by atoms with van der Waals surface area (Å²) in [4.78, 5) is 4.22. The van der Waals surface area contributed by atoms with Gasteiger partial charge in [-0.1, -0.05) is 18.2 Å². The Morgan fingerprint density at radius 3 is 2.70 bits per heavy atom. The summed E-state index contributed by atoms with van der Waals surface area (Å²) in [5.74, 6) is 0.901. The predicted octanol–water partition coefficient (Wildman–Crippen LogP) is 2.87. The molecule has 1 aromatic heterocycles. The molecule has 0 saturated heterocycles. The number of ether oxygens (including phenoxy) is 1. The molecular formula is C16H20N2O2. The summed E-state index contributed by atoms with van der Waals surface area (Å²) in [6.45, 7) is 7.67. The quantitative estimate of drug-likeness (QED) is 0.914. The third-order valence-corrected chi connectivity index (χ3v) is 3.82. The third-order valence-electron chi connectivity index (χ3n) is 3.82. The summed E-state index contributed by atoms with van der Waals surface area (Å²) >= 11 is 0. The smallest absolute Gasteiger partial charge is 0.128 e. The van der Waals surface area contributed by atoms with Gasteiger partial charge in [0.2, 0.25) is 0 Å². The molecule has 1 N–H and O–H groups in total. The lowest BCUT2D eigenvalue weighted by Gasteiger charge is -2.31. The van der Waals surface area contributed by atoms with Crippen LogP contribution in [0.1, 0.15) is 45.0 Å². The molecule has 0 amide bonds. The van der Waals surface area contributed by atoms with Crippen LogP contribution in [0.5, 0.6) is 5.75 Å². The van der Waals surface area contributed by atoms with Crippen molar-refractivity contribution < 1.29 is 9.84 Å². The molecule has 0 radical (unpaired) electrons. The Morgan fingerprint density at radius 1 is 1.30 bits per heavy atom. The van der Waals surface area contributed by atoms with E-state index >= 15 is 0 Å². The summed E-state index contributed by atoms with van der Waals surface area (Å²) in [7, 11) is 0. The molecule has 1 aromatic carbocycles. The van der Waals surface area contributed by atoms with Gasteiger partial charge in [-0.2, -0.15) is 0 Å². The molecule has 4 nitrogen and oxygen atoms in total. The SMILES string of the molecule is CC(C)(O)c1cncn1[C@@H]1c2ccccc2OC1(C)C. The van der Waals surface area contributed by atoms with Crippen molar-refractivity contribution in [3.05, 3.63) is 48.0 Å². The summed E-state index contributed by atoms with van der Waals surface area (Å²) in [5.41, 5.74) is 0.589. The first kappa shape index (κ1) is 13.2. The fourth-order valence-electron chi connectivity index (χ4n) is 2.98. The maximum atomic E-state index is 10.3. The summed E-state index contributed by atoms with van der Waals surface area (Å²) in [5, 5.41) is 10.3. The molecule has 106 valence electrons. The molecule has 0 spiro atoms. The highest BCUT2D eigenvalue weighted by atomic mass is 16.5. The van der Waals surface area contributed by atoms with Crippen molar-refractivity contribution >= 4 is 0 Å². The van der Waals surface area contributed by atoms with Crippen molar-refractivity contribution in [2.24, 2.45) is 0 Å². The zero-order chi connectivity index (χ0) is 14.5. The number of fused-ring (bicyclic) bond motifs is 1. The normalized spacial score (nSPS) is 20.6. The van der Waals surface area contributed by atoms with Crippen LogP contribution < -0.4 is 4.74 Å². The second kappa shape index (κ2) is 4.09. The zero-order valence-corrected chi connectivity index (χ0v) is 12.3. The van der Waals surface area contributed by atoms with E-state index in [2.05, 4.69) is 24.9 Å². The van der Waals surface area contributed by atoms with Crippen LogP contribution >= 0.6 is 0 Å². The Hall–Kier alpha value is -1.81. The number of nitrogens with zero attached hydrogens (tertiary/aromatic N) is 2. The number of para-hydroxylation sites is 1. The van der Waals surface area contributed by atoms with Crippen LogP contribution in [0.4, 0.5) is 0 Å². The Balaban J connectivity index is 2.17. The van der Waals surface area contributed by atoms with Crippen LogP contribution in [0.2, 0.25) is 0 Å². The van der Waals surface area contributed by atoms with Crippen molar-refractivity contribution in [1.82, 2.24) is 9.55 Å². The average Bonchev–Trinajstić information content (AvgIpc) is 2.87. The molecule has 0 saturated carbocycles. The first-order valence-corrected chi connectivity index (χ1v) is 6.83. The largest absolute Gasteiger partial charge is 0.485 e. The van der Waals surface area contributed by atoms with Gasteiger partial charge in [-0.3, -0.25) is 0 Å². The molecule has 0 unspecified atom stereocenters. The minimum absolute atomic E-state index is 0.00243. The highest BCUT2D eigenvalue weighted by Gasteiger charge is 2.43. The Morgan fingerprint density at radius 2 is 2.00 bits per heavy atom. The van der Waals surface area contributed by atoms with Crippen molar-refractivity contribution in [3.8, 4) is 5.75 Å². The molecule has 2 aromatic rings. The molecule has 4 heteroatoms. The van der Waals surface area contributed by atoms with Gasteiger partial charge >= 0.3 is 0 Å². The molecule has 2 heterocycles. The fraction of sp³-hybridized carbons (Fsp3) is 0.438. The lowest BCUT2D eigenvalue weighted by molar-refractivity contribution is 0.0567. The molecule has 0 fully saturated rings. The summed E-state index contributed by atoms with van der Waals surface area (Å²) < 4.78 is 8.09. The third kappa shape index (κ3) is 1.91. The van der Waals surface area contributed by atoms with Gasteiger partial charge in [-0.15, -0.1) is 0 Å². The fourth-order valence-corrected chi connectivity index (χ4v) is 2.98. The second-order valence-corrected chi connectivity index (χ2v) is 6.39. The maximum Gasteiger partial charge on any atom is 0.128 e. The lowest BCUT2D eigenvalue weighted by atomic mass is 9.93. The number of rotatable bonds is 2. The highest BCUT2D eigenvalue weighted by Crippen LogP contribution is 2.46. The van der Waals surface area contributed by atoms with Crippen LogP contribution in [-0.2, 0) is 5.60 Å². The number of aliphatic hydroxyl groups is 1. The highest BCUT2D eigenvalue weighted by molar-refractivity contribution is 5.43. The molecule has 0 aliphatic carbocycles. The molecule has 1 atom stereocenters. The molecule has 1 aliphatic heterocycles. The standard InChI is InChI=1S/C16H20N2O2/c1-15(2,19)13-9-17-10-18(13)14-11-7-5-6-8-12(11)20-16(14,3)4/h5-10,14,19H,1-4H3/t14-/m1/s1. The van der Waals surface area contributed by atoms with E-state index in [4.69, 9.17) is 4.74 Å². The van der Waals surface area contributed by atoms with Crippen molar-refractivity contribution in [2.75, 3.05) is 0 Å². The number of hydrogen-bond donors (Lipinski definition) is 1. The van der Waals surface area contributed by atoms with Crippen LogP contribution in [0, 0.1) is 0 Å². The van der Waals surface area contributed by atoms with Gasteiger partial charge in [0.05, 0.1) is 18.2 Å². The Labute approximate surface area is 119 Å². The molecule has 3 rings (SSSR count). The second-order valence-electron chi connectivity index (χ2n) is 6.39. The Bertz CT molecular complexity index is 638. The van der Waals surface area contributed by atoms with Crippen LogP contribution in [0.3, 0.4) is 0 Å². The lowest BCUT2D eigenvalue weighted by Crippen LogP contribution is -2.36. The topological polar surface area (TPSA) is 47.3 Å². The molecule has 1 aliphatic rings. The molecule has 0 bridgehead atoms. The average molecular weight is 272 g/mol. The van der Waals surface area contributed by atoms with Gasteiger partial charge in [-0.05, 0) is 33.8 Å². The predicted molar refractivity (Wildman–Crippen MR) is 76.8 cm³/mol. The number of hydrogen-bond acceptors (Lipinski definition) is 3. The van der Waals surface area contributed by atoms with Gasteiger partial charge < -0.3 is 14.4 Å². The van der Waals surface area contributed by atoms with Crippen LogP contribution in [0.25, 0.3) is 0 Å². The van der Waals surface area contributed by atoms with Gasteiger partial charge in [0.1, 0.15) is 23.0 Å². The van der Waals surface area contributed by atoms with E-state index < -0.39 is 5.60 Å². The van der Waals surface area contributed by atoms with E-state index in [9.17, 15) is 5.11 Å². The number of aromatic nitrogens is 2. The van der Waals surface area contributed by atoms with E-state index in [0.717, 1.165) is 17.0 Å². The van der Waals surface area contributed by atoms with Crippen molar-refractivity contribution in [2.45, 2.75) is 44.9 Å². The molecule has 20 heavy (non-hydrogen) atoms. The van der Waals surface area contributed by atoms with E-state index in [1.165, 1.54) is 0 Å². The van der Waals surface area contributed by atoms with E-state index in [1.54, 1.807) is 26.4 Å². The maximum absolute atomic E-state index is 10.3. The van der Waals surface area contributed by atoms with Crippen molar-refractivity contribution in [3.63, 3.8) is 0 Å². The summed E-state index contributed by atoms with van der Waals surface area (Å²) in [6, 6.07) is 8.04. The molecular weight excluding hydrogens is 252 g/mol. The van der Waals surface area contributed by atoms with Gasteiger partial charge in [0.15, 0.2) is 0 Å². The van der Waals surface area contributed by atoms with Crippen LogP contribution in [0.15, 0.2) is 36.8 Å². The minimum atomic E-state index is -0.940. The first-order valence-electron chi connectivity index (χ1n) is 6.83. The van der Waals surface area contributed by atoms with Crippen molar-refractivity contribution in [1.29, 1.82) is 0 Å². The van der Waals surface area contributed by atoms with E-state index in [0.29, 0.717) is 0 Å². The first-order chi connectivity index (χ1) is 9.31. The van der Waals surface area contributed by atoms with E-state index in [-0.39, 0.29) is 11.6 Å². The van der Waals surface area contributed by atoms with Gasteiger partial charge in [-0.25, -0.2) is 4.98 Å². The van der Waals surface area contributed by atoms with Gasteiger partial charge in [0.25, 0.3) is 0 Å². The number of imidazole rings is 1. The van der Waals surface area contributed by atoms with E-state index in [1.807, 2.05) is 22.8 Å². The minimum Gasteiger partial charge on any atom is -0.485 e. The zero-order valence-electron chi connectivity index (χ0n) is 12.3. The Kier molecular flexibility index (Phi) is 2.70. The van der Waals surface area contributed by atoms with Crippen LogP contribution in [-0.4, -0.2) is 20.3 Å². The summed E-state index contributed by atoms with van der Waals surface area (Å²) in [6.07, 6.45) is 3.49. The monoisotopic (exact) mass is 272 g/mol. The number of benzene rings is 1.